The van der Waals surface area contributed by atoms with Gasteiger partial charge in [-0.2, -0.15) is 0 Å². The molecule has 0 fully saturated rings. The van der Waals surface area contributed by atoms with Crippen molar-refractivity contribution in [3.63, 3.8) is 0 Å². The number of pyridine rings is 1. The Balaban J connectivity index is 3.04. The Morgan fingerprint density at radius 2 is 2.00 bits per heavy atom. The monoisotopic (exact) mass is 266 g/mol. The van der Waals surface area contributed by atoms with E-state index in [1.54, 1.807) is 0 Å². The lowest BCUT2D eigenvalue weighted by Crippen LogP contribution is -2.24. The first-order valence-corrected chi connectivity index (χ1v) is 5.57. The molecule has 0 radical (unpaired) electrons. The van der Waals surface area contributed by atoms with Crippen molar-refractivity contribution in [3.8, 4) is 0 Å². The lowest BCUT2D eigenvalue weighted by Gasteiger charge is -2.22. The molecule has 1 rings (SSSR count). The van der Waals surface area contributed by atoms with Gasteiger partial charge in [0.1, 0.15) is 5.82 Å². The molecule has 0 N–H and O–H groups in total. The first kappa shape index (κ1) is 12.0. The summed E-state index contributed by atoms with van der Waals surface area (Å²) >= 11 is 3.55. The zero-order valence-corrected chi connectivity index (χ0v) is 10.5. The fourth-order valence-electron chi connectivity index (χ4n) is 1.31. The second-order valence-corrected chi connectivity index (χ2v) is 4.04. The minimum atomic E-state index is 0.765. The molecular weight excluding hydrogens is 252 g/mol. The molecule has 0 atom stereocenters. The fourth-order valence-corrected chi connectivity index (χ4v) is 1.79. The number of aryl methyl sites for hydroxylation is 1. The van der Waals surface area contributed by atoms with Crippen molar-refractivity contribution in [1.82, 2.24) is 4.98 Å². The maximum Gasteiger partial charge on any atom is 0.143 e. The lowest BCUT2D eigenvalue weighted by atomic mass is 10.3. The van der Waals surface area contributed by atoms with Gasteiger partial charge in [0, 0.05) is 19.3 Å². The van der Waals surface area contributed by atoms with Gasteiger partial charge >= 0.3 is 0 Å². The maximum absolute atomic E-state index is 4.36. The van der Waals surface area contributed by atoms with Crippen LogP contribution >= 0.6 is 15.9 Å². The Hall–Kier alpha value is -1.09. The Bertz CT molecular complexity index is 351. The van der Waals surface area contributed by atoms with E-state index in [1.165, 1.54) is 5.56 Å². The summed E-state index contributed by atoms with van der Waals surface area (Å²) in [6, 6.07) is 1.98. The first-order chi connectivity index (χ1) is 7.20. The van der Waals surface area contributed by atoms with Crippen LogP contribution in [0.3, 0.4) is 0 Å². The van der Waals surface area contributed by atoms with Crippen molar-refractivity contribution in [3.05, 3.63) is 47.6 Å². The standard InChI is InChI=1S/C12H15BrN2/c1-4-8-15(9-5-2)12-11(13)10(3)6-7-14-12/h4-7H,1-2,8-9H2,3H3. The van der Waals surface area contributed by atoms with E-state index >= 15 is 0 Å². The molecule has 1 heterocycles. The van der Waals surface area contributed by atoms with Crippen molar-refractivity contribution >= 4 is 21.7 Å². The minimum Gasteiger partial charge on any atom is -0.348 e. The number of anilines is 1. The van der Waals surface area contributed by atoms with E-state index in [1.807, 2.05) is 24.4 Å². The van der Waals surface area contributed by atoms with Crippen LogP contribution < -0.4 is 4.90 Å². The predicted octanol–water partition coefficient (Wildman–Crippen LogP) is 3.33. The molecule has 0 aliphatic carbocycles. The Morgan fingerprint density at radius 3 is 2.53 bits per heavy atom. The summed E-state index contributed by atoms with van der Waals surface area (Å²) in [7, 11) is 0. The zero-order chi connectivity index (χ0) is 11.3. The van der Waals surface area contributed by atoms with Gasteiger partial charge in [-0.3, -0.25) is 0 Å². The molecule has 0 amide bonds. The molecule has 0 unspecified atom stereocenters. The number of rotatable bonds is 5. The molecule has 80 valence electrons. The number of hydrogen-bond acceptors (Lipinski definition) is 2. The zero-order valence-electron chi connectivity index (χ0n) is 8.91. The van der Waals surface area contributed by atoms with Crippen LogP contribution in [0.25, 0.3) is 0 Å². The van der Waals surface area contributed by atoms with Gasteiger partial charge in [-0.25, -0.2) is 4.98 Å². The Morgan fingerprint density at radius 1 is 1.40 bits per heavy atom. The summed E-state index contributed by atoms with van der Waals surface area (Å²) in [5.41, 5.74) is 1.18. The van der Waals surface area contributed by atoms with E-state index < -0.39 is 0 Å². The fraction of sp³-hybridized carbons (Fsp3) is 0.250. The summed E-state index contributed by atoms with van der Waals surface area (Å²) < 4.78 is 1.04. The van der Waals surface area contributed by atoms with Crippen LogP contribution in [0.5, 0.6) is 0 Å². The van der Waals surface area contributed by atoms with E-state index in [9.17, 15) is 0 Å². The first-order valence-electron chi connectivity index (χ1n) is 4.78. The van der Waals surface area contributed by atoms with Crippen molar-refractivity contribution in [2.24, 2.45) is 0 Å². The third-order valence-corrected chi connectivity index (χ3v) is 3.04. The molecule has 1 aromatic rings. The summed E-state index contributed by atoms with van der Waals surface area (Å²) in [5.74, 6) is 0.940. The molecule has 0 bridgehead atoms. The number of aromatic nitrogens is 1. The van der Waals surface area contributed by atoms with Gasteiger partial charge in [0.25, 0.3) is 0 Å². The second kappa shape index (κ2) is 5.71. The van der Waals surface area contributed by atoms with Gasteiger partial charge in [0.05, 0.1) is 4.47 Å². The SMILES string of the molecule is C=CCN(CC=C)c1nccc(C)c1Br. The normalized spacial score (nSPS) is 9.73. The summed E-state index contributed by atoms with van der Waals surface area (Å²) in [6.45, 7) is 11.1. The number of nitrogens with zero attached hydrogens (tertiary/aromatic N) is 2. The van der Waals surface area contributed by atoms with Crippen molar-refractivity contribution in [1.29, 1.82) is 0 Å². The highest BCUT2D eigenvalue weighted by Gasteiger charge is 2.10. The lowest BCUT2D eigenvalue weighted by molar-refractivity contribution is 0.919. The summed E-state index contributed by atoms with van der Waals surface area (Å²) in [4.78, 5) is 6.47. The van der Waals surface area contributed by atoms with Crippen LogP contribution in [0.4, 0.5) is 5.82 Å². The van der Waals surface area contributed by atoms with Crippen LogP contribution in [0.1, 0.15) is 5.56 Å². The van der Waals surface area contributed by atoms with Crippen LogP contribution in [0.15, 0.2) is 42.0 Å². The Labute approximate surface area is 99.5 Å². The van der Waals surface area contributed by atoms with Gasteiger partial charge in [0.2, 0.25) is 0 Å². The molecular formula is C12H15BrN2. The topological polar surface area (TPSA) is 16.1 Å². The highest BCUT2D eigenvalue weighted by molar-refractivity contribution is 9.10. The average molecular weight is 267 g/mol. The summed E-state index contributed by atoms with van der Waals surface area (Å²) in [5, 5.41) is 0. The minimum absolute atomic E-state index is 0.765. The van der Waals surface area contributed by atoms with E-state index in [-0.39, 0.29) is 0 Å². The van der Waals surface area contributed by atoms with Crippen molar-refractivity contribution < 1.29 is 0 Å². The third-order valence-electron chi connectivity index (χ3n) is 2.06. The molecule has 0 saturated heterocycles. The van der Waals surface area contributed by atoms with Crippen molar-refractivity contribution in [2.45, 2.75) is 6.92 Å². The highest BCUT2D eigenvalue weighted by Crippen LogP contribution is 2.26. The molecule has 0 aliphatic heterocycles. The largest absolute Gasteiger partial charge is 0.348 e. The van der Waals surface area contributed by atoms with Gasteiger partial charge < -0.3 is 4.90 Å². The quantitative estimate of drug-likeness (QED) is 0.761. The van der Waals surface area contributed by atoms with Gasteiger partial charge in [-0.1, -0.05) is 12.2 Å². The van der Waals surface area contributed by atoms with E-state index in [0.717, 1.165) is 23.4 Å². The summed E-state index contributed by atoms with van der Waals surface area (Å²) in [6.07, 6.45) is 5.54. The van der Waals surface area contributed by atoms with Crippen LogP contribution in [0, 0.1) is 6.92 Å². The van der Waals surface area contributed by atoms with Crippen LogP contribution in [-0.2, 0) is 0 Å². The molecule has 2 nitrogen and oxygen atoms in total. The maximum atomic E-state index is 4.36. The van der Waals surface area contributed by atoms with Crippen LogP contribution in [0.2, 0.25) is 0 Å². The molecule has 0 saturated carbocycles. The molecule has 0 aliphatic rings. The Kier molecular flexibility index (Phi) is 4.56. The van der Waals surface area contributed by atoms with E-state index in [2.05, 4.69) is 45.9 Å². The molecule has 0 spiro atoms. The van der Waals surface area contributed by atoms with E-state index in [4.69, 9.17) is 0 Å². The molecule has 15 heavy (non-hydrogen) atoms. The third kappa shape index (κ3) is 2.93. The van der Waals surface area contributed by atoms with Crippen LogP contribution in [-0.4, -0.2) is 18.1 Å². The number of hydrogen-bond donors (Lipinski definition) is 0. The highest BCUT2D eigenvalue weighted by atomic mass is 79.9. The smallest absolute Gasteiger partial charge is 0.143 e. The predicted molar refractivity (Wildman–Crippen MR) is 69.3 cm³/mol. The molecule has 0 aromatic carbocycles. The van der Waals surface area contributed by atoms with Gasteiger partial charge in [0.15, 0.2) is 0 Å². The number of halogens is 1. The average Bonchev–Trinajstić information content (AvgIpc) is 2.22. The van der Waals surface area contributed by atoms with Gasteiger partial charge in [-0.15, -0.1) is 13.2 Å². The molecule has 1 aromatic heterocycles. The van der Waals surface area contributed by atoms with Gasteiger partial charge in [-0.05, 0) is 34.5 Å². The second-order valence-electron chi connectivity index (χ2n) is 3.25. The molecule has 3 heteroatoms. The van der Waals surface area contributed by atoms with E-state index in [0.29, 0.717) is 0 Å². The van der Waals surface area contributed by atoms with Crippen molar-refractivity contribution in [2.75, 3.05) is 18.0 Å².